The zero-order valence-corrected chi connectivity index (χ0v) is 10.9. The van der Waals surface area contributed by atoms with Crippen LogP contribution >= 0.6 is 0 Å². The van der Waals surface area contributed by atoms with Crippen molar-refractivity contribution in [2.24, 2.45) is 11.1 Å². The van der Waals surface area contributed by atoms with Crippen LogP contribution in [0.1, 0.15) is 31.2 Å². The van der Waals surface area contributed by atoms with Crippen molar-refractivity contribution < 1.29 is 9.53 Å². The van der Waals surface area contributed by atoms with E-state index >= 15 is 0 Å². The molecule has 1 fully saturated rings. The van der Waals surface area contributed by atoms with Crippen molar-refractivity contribution in [3.8, 4) is 5.75 Å². The Morgan fingerprint density at radius 1 is 1.44 bits per heavy atom. The van der Waals surface area contributed by atoms with Crippen LogP contribution in [0.4, 0.5) is 0 Å². The minimum Gasteiger partial charge on any atom is -0.497 e. The molecule has 0 amide bonds. The lowest BCUT2D eigenvalue weighted by atomic mass is 9.65. The second-order valence-corrected chi connectivity index (χ2v) is 5.30. The topological polar surface area (TPSA) is 52.3 Å². The summed E-state index contributed by atoms with van der Waals surface area (Å²) in [5, 5.41) is 0. The van der Waals surface area contributed by atoms with Crippen LogP contribution in [0.5, 0.6) is 5.75 Å². The Morgan fingerprint density at radius 2 is 2.22 bits per heavy atom. The Balaban J connectivity index is 1.94. The van der Waals surface area contributed by atoms with Crippen LogP contribution in [0.15, 0.2) is 24.3 Å². The van der Waals surface area contributed by atoms with Crippen molar-refractivity contribution in [3.63, 3.8) is 0 Å². The Bertz CT molecular complexity index is 419. The molecule has 3 heteroatoms. The van der Waals surface area contributed by atoms with E-state index in [1.807, 2.05) is 24.3 Å². The molecule has 1 saturated carbocycles. The van der Waals surface area contributed by atoms with E-state index in [0.717, 1.165) is 24.2 Å². The summed E-state index contributed by atoms with van der Waals surface area (Å²) in [5.74, 6) is 1.09. The van der Waals surface area contributed by atoms with Crippen LogP contribution in [-0.2, 0) is 11.2 Å². The number of rotatable bonds is 6. The maximum atomic E-state index is 12.1. The number of carbonyl (C=O) groups excluding carboxylic acids is 1. The van der Waals surface area contributed by atoms with Crippen molar-refractivity contribution in [2.45, 2.75) is 32.1 Å². The highest BCUT2D eigenvalue weighted by Gasteiger charge is 2.37. The summed E-state index contributed by atoms with van der Waals surface area (Å²) >= 11 is 0. The average molecular weight is 247 g/mol. The van der Waals surface area contributed by atoms with Crippen LogP contribution in [0.3, 0.4) is 0 Å². The number of methoxy groups -OCH3 is 1. The normalized spacial score (nSPS) is 17.0. The SMILES string of the molecule is COc1cccc(CC(=O)CC2(CN)CCC2)c1. The first-order chi connectivity index (χ1) is 8.67. The van der Waals surface area contributed by atoms with Gasteiger partial charge in [-0.15, -0.1) is 0 Å². The minimum atomic E-state index is 0.107. The van der Waals surface area contributed by atoms with Crippen molar-refractivity contribution in [1.82, 2.24) is 0 Å². The van der Waals surface area contributed by atoms with Crippen LogP contribution in [-0.4, -0.2) is 19.4 Å². The highest BCUT2D eigenvalue weighted by molar-refractivity contribution is 5.81. The summed E-state index contributed by atoms with van der Waals surface area (Å²) in [6.07, 6.45) is 4.53. The molecule has 0 heterocycles. The van der Waals surface area contributed by atoms with Crippen LogP contribution in [0.25, 0.3) is 0 Å². The summed E-state index contributed by atoms with van der Waals surface area (Å²) in [4.78, 5) is 12.1. The van der Waals surface area contributed by atoms with E-state index in [2.05, 4.69) is 0 Å². The second-order valence-electron chi connectivity index (χ2n) is 5.30. The molecule has 1 aromatic carbocycles. The number of benzene rings is 1. The third-order valence-electron chi connectivity index (χ3n) is 3.95. The van der Waals surface area contributed by atoms with Gasteiger partial charge in [-0.25, -0.2) is 0 Å². The summed E-state index contributed by atoms with van der Waals surface area (Å²) in [6, 6.07) is 7.70. The molecule has 0 spiro atoms. The molecule has 1 aromatic rings. The lowest BCUT2D eigenvalue weighted by Crippen LogP contribution is -2.39. The fraction of sp³-hybridized carbons (Fsp3) is 0.533. The van der Waals surface area contributed by atoms with E-state index in [9.17, 15) is 4.79 Å². The maximum absolute atomic E-state index is 12.1. The highest BCUT2D eigenvalue weighted by Crippen LogP contribution is 2.43. The molecule has 3 nitrogen and oxygen atoms in total. The Labute approximate surface area is 108 Å². The molecule has 0 saturated heterocycles. The van der Waals surface area contributed by atoms with Gasteiger partial charge in [-0.05, 0) is 42.5 Å². The second kappa shape index (κ2) is 5.53. The Morgan fingerprint density at radius 3 is 2.78 bits per heavy atom. The molecule has 18 heavy (non-hydrogen) atoms. The van der Waals surface area contributed by atoms with Gasteiger partial charge in [-0.3, -0.25) is 4.79 Å². The molecular formula is C15H21NO2. The van der Waals surface area contributed by atoms with Gasteiger partial charge >= 0.3 is 0 Å². The molecular weight excluding hydrogens is 226 g/mol. The number of carbonyl (C=O) groups is 1. The summed E-state index contributed by atoms with van der Waals surface area (Å²) < 4.78 is 5.16. The molecule has 0 atom stereocenters. The highest BCUT2D eigenvalue weighted by atomic mass is 16.5. The molecule has 1 aliphatic rings. The molecule has 2 rings (SSSR count). The van der Waals surface area contributed by atoms with Crippen molar-refractivity contribution >= 4 is 5.78 Å². The van der Waals surface area contributed by atoms with Gasteiger partial charge in [-0.1, -0.05) is 18.6 Å². The predicted molar refractivity (Wildman–Crippen MR) is 71.7 cm³/mol. The van der Waals surface area contributed by atoms with E-state index in [1.165, 1.54) is 6.42 Å². The minimum absolute atomic E-state index is 0.107. The first-order valence-corrected chi connectivity index (χ1v) is 6.52. The van der Waals surface area contributed by atoms with Crippen LogP contribution < -0.4 is 10.5 Å². The van der Waals surface area contributed by atoms with Gasteiger partial charge in [0.2, 0.25) is 0 Å². The largest absolute Gasteiger partial charge is 0.497 e. The Kier molecular flexibility index (Phi) is 4.02. The molecule has 2 N–H and O–H groups in total. The van der Waals surface area contributed by atoms with Crippen molar-refractivity contribution in [3.05, 3.63) is 29.8 Å². The predicted octanol–water partition coefficient (Wildman–Crippen LogP) is 2.33. The smallest absolute Gasteiger partial charge is 0.137 e. The number of hydrogen-bond donors (Lipinski definition) is 1. The van der Waals surface area contributed by atoms with E-state index in [1.54, 1.807) is 7.11 Å². The fourth-order valence-electron chi connectivity index (χ4n) is 2.62. The van der Waals surface area contributed by atoms with Gasteiger partial charge in [0.05, 0.1) is 7.11 Å². The summed E-state index contributed by atoms with van der Waals surface area (Å²) in [6.45, 7) is 0.636. The quantitative estimate of drug-likeness (QED) is 0.839. The zero-order valence-electron chi connectivity index (χ0n) is 10.9. The molecule has 0 radical (unpaired) electrons. The first-order valence-electron chi connectivity index (χ1n) is 6.52. The lowest BCUT2D eigenvalue weighted by molar-refractivity contribution is -0.122. The number of ketones is 1. The van der Waals surface area contributed by atoms with Crippen LogP contribution in [0.2, 0.25) is 0 Å². The third-order valence-corrected chi connectivity index (χ3v) is 3.95. The molecule has 0 unspecified atom stereocenters. The van der Waals surface area contributed by atoms with E-state index in [-0.39, 0.29) is 11.2 Å². The van der Waals surface area contributed by atoms with Crippen molar-refractivity contribution in [1.29, 1.82) is 0 Å². The van der Waals surface area contributed by atoms with E-state index in [0.29, 0.717) is 19.4 Å². The van der Waals surface area contributed by atoms with E-state index in [4.69, 9.17) is 10.5 Å². The van der Waals surface area contributed by atoms with Gasteiger partial charge in [0.25, 0.3) is 0 Å². The number of ether oxygens (including phenoxy) is 1. The number of hydrogen-bond acceptors (Lipinski definition) is 3. The third kappa shape index (κ3) is 2.91. The Hall–Kier alpha value is -1.35. The van der Waals surface area contributed by atoms with E-state index < -0.39 is 0 Å². The summed E-state index contributed by atoms with van der Waals surface area (Å²) in [7, 11) is 1.64. The number of Topliss-reactive ketones (excluding diaryl/α,β-unsaturated/α-hetero) is 1. The standard InChI is InChI=1S/C15H21NO2/c1-18-14-5-2-4-12(9-14)8-13(17)10-15(11-16)6-3-7-15/h2,4-5,9H,3,6-8,10-11,16H2,1H3. The molecule has 0 bridgehead atoms. The average Bonchev–Trinajstić information content (AvgIpc) is 2.34. The van der Waals surface area contributed by atoms with Crippen molar-refractivity contribution in [2.75, 3.05) is 13.7 Å². The molecule has 0 aromatic heterocycles. The van der Waals surface area contributed by atoms with Crippen LogP contribution in [0, 0.1) is 5.41 Å². The van der Waals surface area contributed by atoms with Gasteiger partial charge in [0.1, 0.15) is 11.5 Å². The lowest BCUT2D eigenvalue weighted by Gasteiger charge is -2.40. The van der Waals surface area contributed by atoms with Gasteiger partial charge in [0.15, 0.2) is 0 Å². The zero-order chi connectivity index (χ0) is 13.0. The maximum Gasteiger partial charge on any atom is 0.137 e. The first kappa shape index (κ1) is 13.1. The van der Waals surface area contributed by atoms with Gasteiger partial charge in [0, 0.05) is 12.8 Å². The fourth-order valence-corrected chi connectivity index (χ4v) is 2.62. The monoisotopic (exact) mass is 247 g/mol. The summed E-state index contributed by atoms with van der Waals surface area (Å²) in [5.41, 5.74) is 6.91. The van der Waals surface area contributed by atoms with Gasteiger partial charge in [-0.2, -0.15) is 0 Å². The molecule has 1 aliphatic carbocycles. The molecule has 98 valence electrons. The molecule has 0 aliphatic heterocycles. The van der Waals surface area contributed by atoms with Gasteiger partial charge < -0.3 is 10.5 Å². The number of nitrogens with two attached hydrogens (primary N) is 1.